The van der Waals surface area contributed by atoms with Gasteiger partial charge in [0.1, 0.15) is 11.9 Å². The average molecular weight is 510 g/mol. The zero-order valence-corrected chi connectivity index (χ0v) is 20.0. The van der Waals surface area contributed by atoms with E-state index >= 15 is 0 Å². The first kappa shape index (κ1) is 26.2. The molecule has 1 atom stereocenters. The molecule has 2 amide bonds. The Labute approximate surface area is 205 Å². The van der Waals surface area contributed by atoms with Crippen LogP contribution in [0.1, 0.15) is 22.8 Å². The van der Waals surface area contributed by atoms with Crippen molar-refractivity contribution in [2.75, 3.05) is 45.2 Å². The summed E-state index contributed by atoms with van der Waals surface area (Å²) in [6.45, 7) is 0.555. The summed E-state index contributed by atoms with van der Waals surface area (Å²) < 4.78 is 39.0. The Morgan fingerprint density at radius 1 is 1.14 bits per heavy atom. The first-order valence-electron chi connectivity index (χ1n) is 10.5. The lowest BCUT2D eigenvalue weighted by atomic mass is 10.0. The molecule has 2 aromatic rings. The van der Waals surface area contributed by atoms with Crippen molar-refractivity contribution < 1.29 is 27.9 Å². The Balaban J connectivity index is 1.78. The van der Waals surface area contributed by atoms with Crippen LogP contribution in [0.5, 0.6) is 0 Å². The minimum Gasteiger partial charge on any atom is -0.373 e. The van der Waals surface area contributed by atoms with Crippen molar-refractivity contribution in [2.24, 2.45) is 0 Å². The highest BCUT2D eigenvalue weighted by atomic mass is 35.5. The molecule has 1 unspecified atom stereocenters. The Morgan fingerprint density at radius 3 is 2.29 bits per heavy atom. The molecule has 1 aromatic heterocycles. The molecule has 12 heteroatoms. The molecule has 3 rings (SSSR count). The number of hydrogen-bond donors (Lipinski definition) is 1. The third kappa shape index (κ3) is 5.18. The van der Waals surface area contributed by atoms with E-state index in [2.05, 4.69) is 11.1 Å². The second kappa shape index (κ2) is 9.71. The van der Waals surface area contributed by atoms with Gasteiger partial charge >= 0.3 is 6.18 Å². The molecule has 1 N–H and O–H groups in total. The number of aliphatic hydroxyl groups is 1. The molecule has 1 aliphatic heterocycles. The van der Waals surface area contributed by atoms with Gasteiger partial charge in [-0.3, -0.25) is 9.59 Å². The number of amides is 2. The molecule has 1 aromatic carbocycles. The van der Waals surface area contributed by atoms with Crippen LogP contribution in [0.15, 0.2) is 30.5 Å². The van der Waals surface area contributed by atoms with Gasteiger partial charge in [-0.05, 0) is 30.7 Å². The third-order valence-electron chi connectivity index (χ3n) is 5.76. The van der Waals surface area contributed by atoms with Crippen LogP contribution < -0.4 is 4.90 Å². The van der Waals surface area contributed by atoms with Gasteiger partial charge in [0, 0.05) is 52.0 Å². The number of nitrogens with zero attached hydrogens (tertiary/aromatic N) is 5. The predicted octanol–water partition coefficient (Wildman–Crippen LogP) is 2.94. The van der Waals surface area contributed by atoms with Crippen LogP contribution in [-0.2, 0) is 4.79 Å². The van der Waals surface area contributed by atoms with Gasteiger partial charge in [0.15, 0.2) is 0 Å². The van der Waals surface area contributed by atoms with Crippen LogP contribution in [0, 0.1) is 11.3 Å². The van der Waals surface area contributed by atoms with Crippen molar-refractivity contribution in [3.05, 3.63) is 46.6 Å². The van der Waals surface area contributed by atoms with Gasteiger partial charge in [-0.1, -0.05) is 17.7 Å². The predicted molar refractivity (Wildman–Crippen MR) is 123 cm³/mol. The molecule has 0 spiro atoms. The molecule has 35 heavy (non-hydrogen) atoms. The van der Waals surface area contributed by atoms with E-state index < -0.39 is 17.7 Å². The Bertz CT molecular complexity index is 1190. The number of pyridine rings is 1. The summed E-state index contributed by atoms with van der Waals surface area (Å²) in [7, 11) is 3.23. The van der Waals surface area contributed by atoms with E-state index in [0.717, 1.165) is 4.90 Å². The van der Waals surface area contributed by atoms with Crippen molar-refractivity contribution in [1.82, 2.24) is 14.8 Å². The molecule has 2 heterocycles. The second-order valence-electron chi connectivity index (χ2n) is 8.45. The van der Waals surface area contributed by atoms with Gasteiger partial charge < -0.3 is 19.8 Å². The van der Waals surface area contributed by atoms with E-state index in [1.165, 1.54) is 11.1 Å². The van der Waals surface area contributed by atoms with Gasteiger partial charge in [0.05, 0.1) is 16.1 Å². The summed E-state index contributed by atoms with van der Waals surface area (Å²) >= 11 is 6.28. The Morgan fingerprint density at radius 2 is 1.77 bits per heavy atom. The van der Waals surface area contributed by atoms with E-state index in [1.807, 2.05) is 0 Å². The number of carbonyl (C=O) groups is 2. The van der Waals surface area contributed by atoms with Gasteiger partial charge in [-0.15, -0.1) is 0 Å². The maximum Gasteiger partial charge on any atom is 0.426 e. The summed E-state index contributed by atoms with van der Waals surface area (Å²) in [6, 6.07) is 8.56. The minimum atomic E-state index is -5.09. The minimum absolute atomic E-state index is 0.0731. The highest BCUT2D eigenvalue weighted by molar-refractivity contribution is 6.34. The summed E-state index contributed by atoms with van der Waals surface area (Å²) in [5, 5.41) is 19.6. The lowest BCUT2D eigenvalue weighted by Gasteiger charge is -2.39. The molecule has 0 bridgehead atoms. The molecule has 8 nitrogen and oxygen atoms in total. The summed E-state index contributed by atoms with van der Waals surface area (Å²) in [5.74, 6) is -1.33. The van der Waals surface area contributed by atoms with Crippen molar-refractivity contribution >= 4 is 29.2 Å². The largest absolute Gasteiger partial charge is 0.426 e. The summed E-state index contributed by atoms with van der Waals surface area (Å²) in [4.78, 5) is 32.8. The fourth-order valence-corrected chi connectivity index (χ4v) is 3.87. The number of alkyl halides is 3. The quantitative estimate of drug-likeness (QED) is 0.680. The average Bonchev–Trinajstić information content (AvgIpc) is 2.82. The number of benzene rings is 1. The topological polar surface area (TPSA) is 101 Å². The van der Waals surface area contributed by atoms with Crippen molar-refractivity contribution in [3.63, 3.8) is 0 Å². The standard InChI is InChI=1S/C23H23ClF3N5O3/c1-22(35,23(25,26)27)21(34)32-8-6-31(7-9-32)19-15(12-28)10-16(13-29-19)14-4-5-17(18(24)11-14)20(33)30(2)3/h4-5,10-11,13,35H,6-9H2,1-3H3. The Hall–Kier alpha value is -3.36. The van der Waals surface area contributed by atoms with E-state index in [1.54, 1.807) is 43.3 Å². The molecular formula is C23H23ClF3N5O3. The monoisotopic (exact) mass is 509 g/mol. The lowest BCUT2D eigenvalue weighted by molar-refractivity contribution is -0.250. The van der Waals surface area contributed by atoms with Crippen LogP contribution in [-0.4, -0.2) is 83.8 Å². The van der Waals surface area contributed by atoms with Crippen LogP contribution in [0.3, 0.4) is 0 Å². The summed E-state index contributed by atoms with van der Waals surface area (Å²) in [5.41, 5.74) is -1.67. The van der Waals surface area contributed by atoms with Crippen molar-refractivity contribution in [1.29, 1.82) is 5.26 Å². The highest BCUT2D eigenvalue weighted by Crippen LogP contribution is 2.33. The normalized spacial score (nSPS) is 15.9. The lowest BCUT2D eigenvalue weighted by Crippen LogP contribution is -2.60. The first-order chi connectivity index (χ1) is 16.3. The molecule has 1 fully saturated rings. The number of piperazine rings is 1. The van der Waals surface area contributed by atoms with Crippen molar-refractivity contribution in [2.45, 2.75) is 18.7 Å². The maximum atomic E-state index is 13.0. The fourth-order valence-electron chi connectivity index (χ4n) is 3.61. The van der Waals surface area contributed by atoms with Crippen LogP contribution in [0.2, 0.25) is 5.02 Å². The summed E-state index contributed by atoms with van der Waals surface area (Å²) in [6.07, 6.45) is -3.56. The zero-order chi connectivity index (χ0) is 26.1. The number of halogens is 4. The van der Waals surface area contributed by atoms with Crippen LogP contribution in [0.4, 0.5) is 19.0 Å². The van der Waals surface area contributed by atoms with E-state index in [-0.39, 0.29) is 42.7 Å². The second-order valence-corrected chi connectivity index (χ2v) is 8.86. The molecule has 1 aliphatic rings. The van der Waals surface area contributed by atoms with Gasteiger partial charge in [0.25, 0.3) is 11.8 Å². The van der Waals surface area contributed by atoms with Gasteiger partial charge in [0.2, 0.25) is 5.60 Å². The zero-order valence-electron chi connectivity index (χ0n) is 19.2. The molecule has 1 saturated heterocycles. The fraction of sp³-hybridized carbons (Fsp3) is 0.391. The molecule has 0 radical (unpaired) electrons. The van der Waals surface area contributed by atoms with E-state index in [0.29, 0.717) is 29.4 Å². The Kier molecular flexibility index (Phi) is 7.29. The molecule has 0 saturated carbocycles. The SMILES string of the molecule is CN(C)C(=O)c1ccc(-c2cnc(N3CCN(C(=O)C(C)(O)C(F)(F)F)CC3)c(C#N)c2)cc1Cl. The van der Waals surface area contributed by atoms with E-state index in [4.69, 9.17) is 11.6 Å². The van der Waals surface area contributed by atoms with Crippen LogP contribution in [0.25, 0.3) is 11.1 Å². The van der Waals surface area contributed by atoms with Gasteiger partial charge in [-0.25, -0.2) is 4.98 Å². The molecule has 0 aliphatic carbocycles. The van der Waals surface area contributed by atoms with E-state index in [9.17, 15) is 33.1 Å². The number of nitriles is 1. The highest BCUT2D eigenvalue weighted by Gasteiger charge is 2.57. The van der Waals surface area contributed by atoms with Crippen molar-refractivity contribution in [3.8, 4) is 17.2 Å². The molecule has 186 valence electrons. The number of anilines is 1. The smallest absolute Gasteiger partial charge is 0.373 e. The molecular weight excluding hydrogens is 487 g/mol. The van der Waals surface area contributed by atoms with Crippen LogP contribution >= 0.6 is 11.6 Å². The number of hydrogen-bond acceptors (Lipinski definition) is 6. The van der Waals surface area contributed by atoms with Gasteiger partial charge in [-0.2, -0.15) is 18.4 Å². The third-order valence-corrected chi connectivity index (χ3v) is 6.07. The maximum absolute atomic E-state index is 13.0. The number of aromatic nitrogens is 1. The first-order valence-corrected chi connectivity index (χ1v) is 10.9. The number of carbonyl (C=O) groups excluding carboxylic acids is 2. The number of rotatable bonds is 4.